The van der Waals surface area contributed by atoms with Crippen molar-refractivity contribution in [1.29, 1.82) is 0 Å². The number of halogens is 4. The van der Waals surface area contributed by atoms with Crippen LogP contribution in [-0.4, -0.2) is 13.4 Å². The number of carbonyl (C=O) groups excluding carboxylic acids is 1. The maximum absolute atomic E-state index is 12.4. The number of rotatable bonds is 2. The van der Waals surface area contributed by atoms with E-state index in [9.17, 15) is 18.0 Å². The molecule has 0 fully saturated rings. The molecule has 15 heavy (non-hydrogen) atoms. The third kappa shape index (κ3) is 2.41. The van der Waals surface area contributed by atoms with E-state index in [0.29, 0.717) is 6.07 Å². The first kappa shape index (κ1) is 11.8. The molecule has 0 unspecified atom stereocenters. The van der Waals surface area contributed by atoms with Crippen molar-refractivity contribution in [2.45, 2.75) is 6.18 Å². The third-order valence-electron chi connectivity index (χ3n) is 1.76. The number of hydrogen-bond acceptors (Lipinski definition) is 2. The van der Waals surface area contributed by atoms with Crippen LogP contribution in [0.25, 0.3) is 0 Å². The van der Waals surface area contributed by atoms with Gasteiger partial charge < -0.3 is 4.74 Å². The van der Waals surface area contributed by atoms with Crippen molar-refractivity contribution < 1.29 is 22.7 Å². The molecule has 2 nitrogen and oxygen atoms in total. The van der Waals surface area contributed by atoms with Crippen LogP contribution in [0.5, 0.6) is 5.75 Å². The Kier molecular flexibility index (Phi) is 3.24. The minimum Gasteiger partial charge on any atom is -0.495 e. The smallest absolute Gasteiger partial charge is 0.417 e. The van der Waals surface area contributed by atoms with Gasteiger partial charge >= 0.3 is 6.18 Å². The molecular formula is C9H6ClF3O2. The van der Waals surface area contributed by atoms with E-state index in [1.807, 2.05) is 0 Å². The molecule has 0 amide bonds. The highest BCUT2D eigenvalue weighted by Gasteiger charge is 2.34. The fraction of sp³-hybridized carbons (Fsp3) is 0.222. The molecule has 0 spiro atoms. The molecule has 82 valence electrons. The normalized spacial score (nSPS) is 11.3. The van der Waals surface area contributed by atoms with Crippen LogP contribution in [0.4, 0.5) is 13.2 Å². The van der Waals surface area contributed by atoms with Gasteiger partial charge in [0.05, 0.1) is 17.7 Å². The predicted molar refractivity (Wildman–Crippen MR) is 48.4 cm³/mol. The highest BCUT2D eigenvalue weighted by molar-refractivity contribution is 6.32. The highest BCUT2D eigenvalue weighted by atomic mass is 35.5. The summed E-state index contributed by atoms with van der Waals surface area (Å²) in [5.41, 5.74) is -1.56. The van der Waals surface area contributed by atoms with Crippen LogP contribution < -0.4 is 4.74 Å². The lowest BCUT2D eigenvalue weighted by Gasteiger charge is -2.12. The lowest BCUT2D eigenvalue weighted by Crippen LogP contribution is -2.09. The number of benzene rings is 1. The minimum absolute atomic E-state index is 0.0346. The van der Waals surface area contributed by atoms with Crippen LogP contribution in [0.3, 0.4) is 0 Å². The van der Waals surface area contributed by atoms with E-state index in [1.54, 1.807) is 0 Å². The molecule has 0 aliphatic rings. The van der Waals surface area contributed by atoms with Gasteiger partial charge in [0.1, 0.15) is 5.75 Å². The zero-order chi connectivity index (χ0) is 11.6. The van der Waals surface area contributed by atoms with Crippen molar-refractivity contribution in [3.05, 3.63) is 28.3 Å². The summed E-state index contributed by atoms with van der Waals surface area (Å²) in [5.74, 6) is -0.116. The first-order valence-corrected chi connectivity index (χ1v) is 4.18. The van der Waals surface area contributed by atoms with E-state index >= 15 is 0 Å². The summed E-state index contributed by atoms with van der Waals surface area (Å²) in [6.07, 6.45) is -4.50. The van der Waals surface area contributed by atoms with Crippen LogP contribution in [0.2, 0.25) is 5.02 Å². The first-order chi connectivity index (χ1) is 6.90. The number of hydrogen-bond donors (Lipinski definition) is 0. The summed E-state index contributed by atoms with van der Waals surface area (Å²) in [6, 6.07) is 1.63. The number of methoxy groups -OCH3 is 1. The van der Waals surface area contributed by atoms with E-state index in [0.717, 1.165) is 6.07 Å². The van der Waals surface area contributed by atoms with E-state index < -0.39 is 17.3 Å². The maximum atomic E-state index is 12.4. The Bertz CT molecular complexity index is 388. The van der Waals surface area contributed by atoms with Gasteiger partial charge in [0.2, 0.25) is 0 Å². The summed E-state index contributed by atoms with van der Waals surface area (Å²) in [7, 11) is 1.20. The fourth-order valence-corrected chi connectivity index (χ4v) is 1.32. The Morgan fingerprint density at radius 3 is 2.40 bits per heavy atom. The monoisotopic (exact) mass is 238 g/mol. The van der Waals surface area contributed by atoms with E-state index in [1.165, 1.54) is 7.11 Å². The summed E-state index contributed by atoms with van der Waals surface area (Å²) in [5, 5.41) is -0.0346. The quantitative estimate of drug-likeness (QED) is 0.740. The number of alkyl halides is 3. The molecule has 1 aromatic carbocycles. The first-order valence-electron chi connectivity index (χ1n) is 3.80. The summed E-state index contributed by atoms with van der Waals surface area (Å²) in [6.45, 7) is 0. The topological polar surface area (TPSA) is 26.3 Å². The largest absolute Gasteiger partial charge is 0.495 e. The molecule has 0 bridgehead atoms. The van der Waals surface area contributed by atoms with Crippen molar-refractivity contribution in [2.24, 2.45) is 0 Å². The number of carbonyl (C=O) groups is 1. The molecule has 1 rings (SSSR count). The Hall–Kier alpha value is -1.23. The Labute approximate surface area is 88.6 Å². The van der Waals surface area contributed by atoms with E-state index in [4.69, 9.17) is 11.6 Å². The van der Waals surface area contributed by atoms with Gasteiger partial charge in [0, 0.05) is 5.56 Å². The summed E-state index contributed by atoms with van der Waals surface area (Å²) < 4.78 is 41.9. The molecule has 0 saturated carbocycles. The molecule has 0 aliphatic carbocycles. The lowest BCUT2D eigenvalue weighted by molar-refractivity contribution is -0.137. The number of aldehydes is 1. The average molecular weight is 239 g/mol. The molecule has 0 N–H and O–H groups in total. The molecule has 0 aromatic heterocycles. The molecule has 1 aromatic rings. The second-order valence-corrected chi connectivity index (χ2v) is 3.10. The van der Waals surface area contributed by atoms with Gasteiger partial charge in [-0.1, -0.05) is 11.6 Å². The molecule has 0 atom stereocenters. The van der Waals surface area contributed by atoms with Gasteiger partial charge in [-0.15, -0.1) is 0 Å². The van der Waals surface area contributed by atoms with Crippen molar-refractivity contribution >= 4 is 17.9 Å². The van der Waals surface area contributed by atoms with Gasteiger partial charge in [-0.05, 0) is 12.1 Å². The van der Waals surface area contributed by atoms with Gasteiger partial charge in [0.15, 0.2) is 6.29 Å². The van der Waals surface area contributed by atoms with Gasteiger partial charge in [-0.25, -0.2) is 0 Å². The second kappa shape index (κ2) is 4.10. The van der Waals surface area contributed by atoms with Crippen molar-refractivity contribution in [2.75, 3.05) is 7.11 Å². The van der Waals surface area contributed by atoms with E-state index in [-0.39, 0.29) is 17.1 Å². The second-order valence-electron chi connectivity index (χ2n) is 2.69. The number of ether oxygens (including phenoxy) is 1. The van der Waals surface area contributed by atoms with Crippen LogP contribution in [-0.2, 0) is 6.18 Å². The molecule has 6 heteroatoms. The maximum Gasteiger partial charge on any atom is 0.417 e. The van der Waals surface area contributed by atoms with Gasteiger partial charge in [-0.3, -0.25) is 4.79 Å². The Morgan fingerprint density at radius 1 is 1.40 bits per heavy atom. The standard InChI is InChI=1S/C9H6ClF3O2/c1-15-8-3-6(9(11,12)13)5(4-14)2-7(8)10/h2-4H,1H3. The van der Waals surface area contributed by atoms with Crippen molar-refractivity contribution in [3.63, 3.8) is 0 Å². The van der Waals surface area contributed by atoms with Crippen molar-refractivity contribution in [1.82, 2.24) is 0 Å². The molecule has 0 aliphatic heterocycles. The SMILES string of the molecule is COc1cc(C(F)(F)F)c(C=O)cc1Cl. The van der Waals surface area contributed by atoms with Crippen LogP contribution in [0, 0.1) is 0 Å². The molecule has 0 heterocycles. The predicted octanol–water partition coefficient (Wildman–Crippen LogP) is 3.18. The van der Waals surface area contributed by atoms with E-state index in [2.05, 4.69) is 4.74 Å². The fourth-order valence-electron chi connectivity index (χ4n) is 1.07. The zero-order valence-electron chi connectivity index (χ0n) is 7.56. The average Bonchev–Trinajstić information content (AvgIpc) is 2.15. The van der Waals surface area contributed by atoms with Crippen molar-refractivity contribution in [3.8, 4) is 5.75 Å². The summed E-state index contributed by atoms with van der Waals surface area (Å²) in [4.78, 5) is 10.4. The molecule has 0 saturated heterocycles. The lowest BCUT2D eigenvalue weighted by atomic mass is 10.1. The highest BCUT2D eigenvalue weighted by Crippen LogP contribution is 2.37. The minimum atomic E-state index is -4.60. The third-order valence-corrected chi connectivity index (χ3v) is 2.05. The van der Waals surface area contributed by atoms with Crippen LogP contribution in [0.15, 0.2) is 12.1 Å². The van der Waals surface area contributed by atoms with Gasteiger partial charge in [0.25, 0.3) is 0 Å². The van der Waals surface area contributed by atoms with Crippen LogP contribution >= 0.6 is 11.6 Å². The molecular weight excluding hydrogens is 233 g/mol. The molecule has 0 radical (unpaired) electrons. The van der Waals surface area contributed by atoms with Gasteiger partial charge in [-0.2, -0.15) is 13.2 Å². The Morgan fingerprint density at radius 2 is 2.00 bits per heavy atom. The zero-order valence-corrected chi connectivity index (χ0v) is 8.32. The summed E-state index contributed by atoms with van der Waals surface area (Å²) >= 11 is 5.58. The Balaban J connectivity index is 3.42. The van der Waals surface area contributed by atoms with Crippen LogP contribution in [0.1, 0.15) is 15.9 Å².